The van der Waals surface area contributed by atoms with E-state index in [4.69, 9.17) is 26.6 Å². The van der Waals surface area contributed by atoms with Crippen LogP contribution in [-0.2, 0) is 10.3 Å². The minimum absolute atomic E-state index is 0.100. The van der Waals surface area contributed by atoms with Crippen molar-refractivity contribution < 1.29 is 14.2 Å². The molecule has 0 aliphatic heterocycles. The molecule has 0 radical (unpaired) electrons. The van der Waals surface area contributed by atoms with Gasteiger partial charge >= 0.3 is 0 Å². The highest BCUT2D eigenvalue weighted by Crippen LogP contribution is 2.28. The molecule has 8 nitrogen and oxygen atoms in total. The maximum absolute atomic E-state index is 10.8. The fourth-order valence-corrected chi connectivity index (χ4v) is 1.97. The summed E-state index contributed by atoms with van der Waals surface area (Å²) in [6.07, 6.45) is 0. The smallest absolute Gasteiger partial charge is 0.271 e. The minimum Gasteiger partial charge on any atom is -0.382 e. The molecule has 0 aliphatic carbocycles. The molecular weight excluding hydrogens is 300 g/mol. The van der Waals surface area contributed by atoms with Gasteiger partial charge in [0.25, 0.3) is 11.6 Å². The summed E-state index contributed by atoms with van der Waals surface area (Å²) in [6, 6.07) is 4.03. The monoisotopic (exact) mass is 312 g/mol. The number of nitro groups is 1. The lowest BCUT2D eigenvalue weighted by molar-refractivity contribution is -0.384. The first kappa shape index (κ1) is 15.4. The molecule has 0 saturated carbocycles. The summed E-state index contributed by atoms with van der Waals surface area (Å²) in [7, 11) is 1.51. The van der Waals surface area contributed by atoms with Crippen LogP contribution >= 0.6 is 11.6 Å². The van der Waals surface area contributed by atoms with E-state index < -0.39 is 10.5 Å². The van der Waals surface area contributed by atoms with Crippen molar-refractivity contribution in [3.8, 4) is 11.5 Å². The Bertz CT molecular complexity index is 671. The number of non-ortho nitro benzene ring substituents is 1. The third-order valence-corrected chi connectivity index (χ3v) is 2.94. The first-order valence-corrected chi connectivity index (χ1v) is 6.28. The number of nitrogens with two attached hydrogens (primary N) is 1. The highest BCUT2D eigenvalue weighted by atomic mass is 35.5. The van der Waals surface area contributed by atoms with E-state index in [1.165, 1.54) is 25.3 Å². The van der Waals surface area contributed by atoms with Gasteiger partial charge in [-0.05, 0) is 13.0 Å². The van der Waals surface area contributed by atoms with E-state index in [9.17, 15) is 10.1 Å². The Morgan fingerprint density at radius 3 is 2.86 bits per heavy atom. The van der Waals surface area contributed by atoms with E-state index in [0.717, 1.165) is 0 Å². The van der Waals surface area contributed by atoms with Gasteiger partial charge in [0.1, 0.15) is 5.54 Å². The summed E-state index contributed by atoms with van der Waals surface area (Å²) in [4.78, 5) is 14.4. The molecule has 2 rings (SSSR count). The Balaban J connectivity index is 2.40. The van der Waals surface area contributed by atoms with Gasteiger partial charge in [0.05, 0.1) is 11.5 Å². The first-order valence-electron chi connectivity index (χ1n) is 5.91. The molecular formula is C12H13ClN4O4. The molecule has 1 heterocycles. The van der Waals surface area contributed by atoms with Gasteiger partial charge in [-0.3, -0.25) is 10.1 Å². The van der Waals surface area contributed by atoms with Crippen molar-refractivity contribution in [2.24, 2.45) is 5.73 Å². The summed E-state index contributed by atoms with van der Waals surface area (Å²) in [5.41, 5.74) is 5.26. The van der Waals surface area contributed by atoms with Crippen LogP contribution in [0.25, 0.3) is 11.5 Å². The number of halogens is 1. The lowest BCUT2D eigenvalue weighted by Gasteiger charge is -2.18. The van der Waals surface area contributed by atoms with Gasteiger partial charge in [0.2, 0.25) is 0 Å². The lowest BCUT2D eigenvalue weighted by Crippen LogP contribution is -2.38. The Kier molecular flexibility index (Phi) is 4.21. The van der Waals surface area contributed by atoms with Crippen LogP contribution in [0.4, 0.5) is 5.69 Å². The molecule has 9 heteroatoms. The Morgan fingerprint density at radius 1 is 1.52 bits per heavy atom. The third-order valence-electron chi connectivity index (χ3n) is 2.72. The molecule has 2 aromatic rings. The second-order valence-corrected chi connectivity index (χ2v) is 5.17. The summed E-state index contributed by atoms with van der Waals surface area (Å²) in [5, 5.41) is 14.8. The molecule has 1 atom stereocenters. The molecule has 0 amide bonds. The van der Waals surface area contributed by atoms with Gasteiger partial charge < -0.3 is 15.0 Å². The van der Waals surface area contributed by atoms with Crippen LogP contribution in [0.1, 0.15) is 12.7 Å². The average Bonchev–Trinajstić information content (AvgIpc) is 2.88. The zero-order chi connectivity index (χ0) is 15.6. The fourth-order valence-electron chi connectivity index (χ4n) is 1.74. The van der Waals surface area contributed by atoms with Crippen molar-refractivity contribution in [3.63, 3.8) is 0 Å². The number of benzene rings is 1. The number of ether oxygens (including phenoxy) is 1. The molecule has 0 bridgehead atoms. The first-order chi connectivity index (χ1) is 9.83. The predicted octanol–water partition coefficient (Wildman–Crippen LogP) is 2.12. The third kappa shape index (κ3) is 3.35. The Morgan fingerprint density at radius 2 is 2.24 bits per heavy atom. The van der Waals surface area contributed by atoms with Crippen molar-refractivity contribution in [1.29, 1.82) is 0 Å². The highest BCUT2D eigenvalue weighted by Gasteiger charge is 2.28. The molecule has 0 saturated heterocycles. The number of hydrogen-bond acceptors (Lipinski definition) is 7. The van der Waals surface area contributed by atoms with Crippen LogP contribution in [0.5, 0.6) is 0 Å². The number of rotatable bonds is 5. The van der Waals surface area contributed by atoms with Crippen molar-refractivity contribution >= 4 is 17.3 Å². The van der Waals surface area contributed by atoms with Crippen molar-refractivity contribution in [2.45, 2.75) is 12.5 Å². The van der Waals surface area contributed by atoms with E-state index in [2.05, 4.69) is 10.1 Å². The molecule has 0 fully saturated rings. The van der Waals surface area contributed by atoms with E-state index in [-0.39, 0.29) is 29.0 Å². The molecule has 1 aromatic carbocycles. The number of aromatic nitrogens is 2. The molecule has 1 unspecified atom stereocenters. The lowest BCUT2D eigenvalue weighted by atomic mass is 10.1. The molecule has 0 aliphatic rings. The Hall–Kier alpha value is -2.03. The summed E-state index contributed by atoms with van der Waals surface area (Å²) >= 11 is 5.85. The summed E-state index contributed by atoms with van der Waals surface area (Å²) in [6.45, 7) is 1.88. The maximum atomic E-state index is 10.8. The average molecular weight is 313 g/mol. The number of nitrogens with zero attached hydrogens (tertiary/aromatic N) is 3. The van der Waals surface area contributed by atoms with Crippen molar-refractivity contribution in [2.75, 3.05) is 13.7 Å². The molecule has 112 valence electrons. The normalized spacial score (nSPS) is 13.9. The topological polar surface area (TPSA) is 117 Å². The second kappa shape index (κ2) is 5.76. The van der Waals surface area contributed by atoms with Crippen LogP contribution in [0.2, 0.25) is 5.02 Å². The van der Waals surface area contributed by atoms with Crippen molar-refractivity contribution in [1.82, 2.24) is 10.1 Å². The van der Waals surface area contributed by atoms with Gasteiger partial charge in [-0.25, -0.2) is 0 Å². The van der Waals surface area contributed by atoms with E-state index >= 15 is 0 Å². The standard InChI is InChI=1S/C12H13ClN4O4/c1-12(14,6-20-2)11-15-10(21-16-11)7-3-8(13)5-9(4-7)17(18)19/h3-5H,6,14H2,1-2H3. The zero-order valence-corrected chi connectivity index (χ0v) is 12.1. The van der Waals surface area contributed by atoms with Gasteiger partial charge in [0.15, 0.2) is 5.82 Å². The predicted molar refractivity (Wildman–Crippen MR) is 74.8 cm³/mol. The SMILES string of the molecule is COCC(C)(N)c1noc(-c2cc(Cl)cc([N+](=O)[O-])c2)n1. The Labute approximate surface area is 125 Å². The van der Waals surface area contributed by atoms with Gasteiger partial charge in [0, 0.05) is 29.8 Å². The fraction of sp³-hybridized carbons (Fsp3) is 0.333. The van der Waals surface area contributed by atoms with Crippen LogP contribution < -0.4 is 5.73 Å². The van der Waals surface area contributed by atoms with Crippen LogP contribution in [0.3, 0.4) is 0 Å². The van der Waals surface area contributed by atoms with Crippen LogP contribution in [0, 0.1) is 10.1 Å². The largest absolute Gasteiger partial charge is 0.382 e. The molecule has 21 heavy (non-hydrogen) atoms. The number of hydrogen-bond donors (Lipinski definition) is 1. The quantitative estimate of drug-likeness (QED) is 0.663. The maximum Gasteiger partial charge on any atom is 0.271 e. The van der Waals surface area contributed by atoms with E-state index in [1.54, 1.807) is 6.92 Å². The molecule has 0 spiro atoms. The van der Waals surface area contributed by atoms with Crippen LogP contribution in [0.15, 0.2) is 22.7 Å². The van der Waals surface area contributed by atoms with Crippen LogP contribution in [-0.4, -0.2) is 28.8 Å². The van der Waals surface area contributed by atoms with Gasteiger partial charge in [-0.2, -0.15) is 4.98 Å². The van der Waals surface area contributed by atoms with E-state index in [0.29, 0.717) is 5.56 Å². The summed E-state index contributed by atoms with van der Waals surface area (Å²) in [5.74, 6) is 0.338. The minimum atomic E-state index is -0.930. The second-order valence-electron chi connectivity index (χ2n) is 4.73. The molecule has 2 N–H and O–H groups in total. The molecule has 1 aromatic heterocycles. The summed E-state index contributed by atoms with van der Waals surface area (Å²) < 4.78 is 10.1. The van der Waals surface area contributed by atoms with Crippen molar-refractivity contribution in [3.05, 3.63) is 39.2 Å². The van der Waals surface area contributed by atoms with Gasteiger partial charge in [-0.15, -0.1) is 0 Å². The number of methoxy groups -OCH3 is 1. The highest BCUT2D eigenvalue weighted by molar-refractivity contribution is 6.31. The van der Waals surface area contributed by atoms with E-state index in [1.807, 2.05) is 0 Å². The number of nitro benzene ring substituents is 1. The zero-order valence-electron chi connectivity index (χ0n) is 11.4. The van der Waals surface area contributed by atoms with Gasteiger partial charge in [-0.1, -0.05) is 16.8 Å².